The Hall–Kier alpha value is -10.5. The first kappa shape index (κ1) is 43.8. The molecule has 0 radical (unpaired) electrons. The maximum absolute atomic E-state index is 11.2. The molecule has 0 N–H and O–H groups in total. The summed E-state index contributed by atoms with van der Waals surface area (Å²) < 4.78 is 4.48. The molecule has 3 aromatic heterocycles. The van der Waals surface area contributed by atoms with Gasteiger partial charge < -0.3 is 9.13 Å². The molecule has 9 nitrogen and oxygen atoms in total. The van der Waals surface area contributed by atoms with E-state index in [1.807, 2.05) is 98.8 Å². The Morgan fingerprint density at radius 2 is 0.603 bits per heavy atom. The maximum atomic E-state index is 11.2. The maximum Gasteiger partial charge on any atom is 0.167 e. The van der Waals surface area contributed by atoms with Crippen molar-refractivity contribution in [1.29, 1.82) is 21.0 Å². The molecule has 340 valence electrons. The lowest BCUT2D eigenvalue weighted by Crippen LogP contribution is -2.08. The third-order valence-corrected chi connectivity index (χ3v) is 13.8. The Morgan fingerprint density at radius 1 is 0.315 bits per heavy atom. The van der Waals surface area contributed by atoms with Gasteiger partial charge in [0.2, 0.25) is 0 Å². The highest BCUT2D eigenvalue weighted by Gasteiger charge is 2.26. The predicted octanol–water partition coefficient (Wildman–Crippen LogP) is 14.8. The number of nitrogens with zero attached hydrogens (tertiary/aromatic N) is 9. The van der Waals surface area contributed by atoms with Crippen LogP contribution >= 0.6 is 0 Å². The fourth-order valence-corrected chi connectivity index (χ4v) is 10.2. The summed E-state index contributed by atoms with van der Waals surface area (Å²) in [6.07, 6.45) is 0. The molecular weight excluding hydrogens is 895 g/mol. The molecule has 12 aromatic rings. The van der Waals surface area contributed by atoms with E-state index in [-0.39, 0.29) is 0 Å². The van der Waals surface area contributed by atoms with E-state index in [9.17, 15) is 21.0 Å². The fraction of sp³-hybridized carbons (Fsp3) is 0.0469. The molecule has 9 heteroatoms. The highest BCUT2D eigenvalue weighted by Crippen LogP contribution is 2.45. The van der Waals surface area contributed by atoms with Gasteiger partial charge in [0.15, 0.2) is 5.82 Å². The van der Waals surface area contributed by atoms with Crippen molar-refractivity contribution in [1.82, 2.24) is 24.1 Å². The minimum atomic E-state index is 0.422. The number of nitriles is 4. The van der Waals surface area contributed by atoms with Crippen molar-refractivity contribution in [3.63, 3.8) is 0 Å². The Morgan fingerprint density at radius 3 is 0.904 bits per heavy atom. The van der Waals surface area contributed by atoms with Crippen LogP contribution in [0.5, 0.6) is 0 Å². The summed E-state index contributed by atoms with van der Waals surface area (Å²) in [4.78, 5) is 14.9. The van der Waals surface area contributed by atoms with Crippen LogP contribution in [0.1, 0.15) is 39.5 Å². The van der Waals surface area contributed by atoms with Crippen LogP contribution in [0.2, 0.25) is 0 Å². The van der Waals surface area contributed by atoms with Gasteiger partial charge in [-0.25, -0.2) is 15.0 Å². The molecule has 0 atom stereocenters. The molecule has 3 heterocycles. The normalized spacial score (nSPS) is 11.2. The van der Waals surface area contributed by atoms with Gasteiger partial charge in [0.1, 0.15) is 11.6 Å². The second kappa shape index (κ2) is 17.5. The summed E-state index contributed by atoms with van der Waals surface area (Å²) in [5.74, 6) is 1.53. The Balaban J connectivity index is 1.24. The molecule has 0 saturated heterocycles. The van der Waals surface area contributed by atoms with Crippen LogP contribution in [-0.4, -0.2) is 24.1 Å². The van der Waals surface area contributed by atoms with Crippen LogP contribution in [0, 0.1) is 66.1 Å². The van der Waals surface area contributed by atoms with Crippen LogP contribution in [0.4, 0.5) is 0 Å². The molecule has 0 spiro atoms. The second-order valence-corrected chi connectivity index (χ2v) is 18.3. The lowest BCUT2D eigenvalue weighted by Gasteiger charge is -2.20. The number of hydrogen-bond acceptors (Lipinski definition) is 7. The van der Waals surface area contributed by atoms with Crippen molar-refractivity contribution < 1.29 is 0 Å². The van der Waals surface area contributed by atoms with Gasteiger partial charge >= 0.3 is 0 Å². The molecule has 0 aliphatic heterocycles. The van der Waals surface area contributed by atoms with Gasteiger partial charge in [0.25, 0.3) is 0 Å². The number of hydrogen-bond donors (Lipinski definition) is 0. The van der Waals surface area contributed by atoms with Gasteiger partial charge in [-0.3, -0.25) is 0 Å². The van der Waals surface area contributed by atoms with E-state index in [1.54, 1.807) is 0 Å². The van der Waals surface area contributed by atoms with E-state index < -0.39 is 0 Å². The van der Waals surface area contributed by atoms with E-state index >= 15 is 0 Å². The predicted molar refractivity (Wildman–Crippen MR) is 289 cm³/mol. The quantitative estimate of drug-likeness (QED) is 0.155. The number of rotatable bonds is 7. The molecular formula is C64H39N9. The summed E-state index contributed by atoms with van der Waals surface area (Å²) in [5.41, 5.74) is 16.7. The average Bonchev–Trinajstić information content (AvgIpc) is 3.93. The molecule has 0 unspecified atom stereocenters. The molecule has 0 fully saturated rings. The lowest BCUT2D eigenvalue weighted by atomic mass is 10.0. The van der Waals surface area contributed by atoms with Crippen molar-refractivity contribution in [3.8, 4) is 91.5 Å². The van der Waals surface area contributed by atoms with Crippen molar-refractivity contribution >= 4 is 43.6 Å². The molecule has 9 aromatic carbocycles. The van der Waals surface area contributed by atoms with Crippen LogP contribution in [-0.2, 0) is 0 Å². The number of benzene rings is 9. The summed E-state index contributed by atoms with van der Waals surface area (Å²) in [6, 6.07) is 70.3. The summed E-state index contributed by atoms with van der Waals surface area (Å²) >= 11 is 0. The Labute approximate surface area is 420 Å². The second-order valence-electron chi connectivity index (χ2n) is 18.3. The zero-order valence-electron chi connectivity index (χ0n) is 39.8. The van der Waals surface area contributed by atoms with Crippen LogP contribution in [0.25, 0.3) is 111 Å². The monoisotopic (exact) mass is 933 g/mol. The lowest BCUT2D eigenvalue weighted by molar-refractivity contribution is 0.924. The van der Waals surface area contributed by atoms with Gasteiger partial charge in [0, 0.05) is 21.5 Å². The number of aryl methyl sites for hydroxylation is 3. The Bertz CT molecular complexity index is 4280. The average molecular weight is 934 g/mol. The first-order valence-electron chi connectivity index (χ1n) is 23.7. The summed E-state index contributed by atoms with van der Waals surface area (Å²) in [5, 5.41) is 44.2. The number of aromatic nitrogens is 5. The SMILES string of the molecule is Cc1ccc(-c2ccc3c4ccc(-c5ccc(C#N)cc5)cc4n(-c4cc(C#N)cc(-n5c6cc(-c7ccc(C#N)cc7)ccc6c6ccc(-c7ccc(C#N)cc7)cc65)c4-c4nc(C)nc(C)n4)c3c2)cc1. The first-order valence-corrected chi connectivity index (χ1v) is 23.7. The van der Waals surface area contributed by atoms with Crippen molar-refractivity contribution in [2.45, 2.75) is 20.8 Å². The van der Waals surface area contributed by atoms with Crippen molar-refractivity contribution in [3.05, 3.63) is 221 Å². The largest absolute Gasteiger partial charge is 0.308 e. The molecule has 0 amide bonds. The molecule has 0 aliphatic carbocycles. The third kappa shape index (κ3) is 7.59. The van der Waals surface area contributed by atoms with Crippen LogP contribution < -0.4 is 0 Å². The van der Waals surface area contributed by atoms with Gasteiger partial charge in [-0.2, -0.15) is 21.0 Å². The highest BCUT2D eigenvalue weighted by atomic mass is 15.1. The Kier molecular flexibility index (Phi) is 10.5. The standard InChI is InChI=1S/C64H39N9/c1-38-4-12-45(13-5-38)49-20-24-53-54-25-21-50(46-14-6-41(34-65)7-15-46)31-58(54)72(57(53)30-49)61-28-44(37-68)29-62(63(61)64-70-39(2)69-40(3)71-64)73-59-32-51(47-16-8-42(35-66)9-17-47)22-26-55(59)56-27-23-52(33-60(56)73)48-18-10-43(36-67)11-19-48/h4-33H,1-3H3. The van der Waals surface area contributed by atoms with Gasteiger partial charge in [-0.15, -0.1) is 0 Å². The molecule has 0 aliphatic rings. The van der Waals surface area contributed by atoms with Crippen LogP contribution in [0.3, 0.4) is 0 Å². The van der Waals surface area contributed by atoms with E-state index in [4.69, 9.17) is 9.97 Å². The smallest absolute Gasteiger partial charge is 0.167 e. The zero-order chi connectivity index (χ0) is 49.9. The molecule has 12 rings (SSSR count). The van der Waals surface area contributed by atoms with E-state index in [0.29, 0.717) is 56.7 Å². The minimum absolute atomic E-state index is 0.422. The topological polar surface area (TPSA) is 144 Å². The van der Waals surface area contributed by atoms with E-state index in [0.717, 1.165) is 88.1 Å². The van der Waals surface area contributed by atoms with E-state index in [2.05, 4.69) is 142 Å². The summed E-state index contributed by atoms with van der Waals surface area (Å²) in [7, 11) is 0. The number of fused-ring (bicyclic) bond motifs is 6. The first-order chi connectivity index (χ1) is 35.7. The van der Waals surface area contributed by atoms with Crippen LogP contribution in [0.15, 0.2) is 182 Å². The summed E-state index contributed by atoms with van der Waals surface area (Å²) in [6.45, 7) is 5.82. The molecule has 0 saturated carbocycles. The molecule has 0 bridgehead atoms. The van der Waals surface area contributed by atoms with Gasteiger partial charge in [-0.05, 0) is 138 Å². The fourth-order valence-electron chi connectivity index (χ4n) is 10.2. The minimum Gasteiger partial charge on any atom is -0.308 e. The van der Waals surface area contributed by atoms with Gasteiger partial charge in [-0.1, -0.05) is 115 Å². The molecule has 73 heavy (non-hydrogen) atoms. The zero-order valence-corrected chi connectivity index (χ0v) is 39.8. The van der Waals surface area contributed by atoms with Crippen molar-refractivity contribution in [2.75, 3.05) is 0 Å². The highest BCUT2D eigenvalue weighted by molar-refractivity contribution is 6.14. The van der Waals surface area contributed by atoms with E-state index in [1.165, 1.54) is 5.56 Å². The van der Waals surface area contributed by atoms with Gasteiger partial charge in [0.05, 0.1) is 85.5 Å². The third-order valence-electron chi connectivity index (χ3n) is 13.8. The van der Waals surface area contributed by atoms with Crippen molar-refractivity contribution in [2.24, 2.45) is 0 Å².